The van der Waals surface area contributed by atoms with Gasteiger partial charge in [-0.2, -0.15) is 0 Å². The van der Waals surface area contributed by atoms with Crippen LogP contribution in [0.1, 0.15) is 42.0 Å². The van der Waals surface area contributed by atoms with Crippen LogP contribution in [0.15, 0.2) is 35.1 Å². The Morgan fingerprint density at radius 3 is 2.43 bits per heavy atom. The molecule has 0 aliphatic heterocycles. The average Bonchev–Trinajstić information content (AvgIpc) is 2.72. The third-order valence-corrected chi connectivity index (χ3v) is 5.65. The van der Waals surface area contributed by atoms with E-state index in [0.29, 0.717) is 6.42 Å². The van der Waals surface area contributed by atoms with E-state index in [-0.39, 0.29) is 18.1 Å². The van der Waals surface area contributed by atoms with Gasteiger partial charge in [-0.15, -0.1) is 0 Å². The molecular formula is C24H28N2O4. The summed E-state index contributed by atoms with van der Waals surface area (Å²) in [5.41, 5.74) is 11.5. The fourth-order valence-electron chi connectivity index (χ4n) is 3.99. The normalized spacial score (nSPS) is 12.0. The number of aryl methyl sites for hydroxylation is 2. The number of aromatic nitrogens is 1. The van der Waals surface area contributed by atoms with Crippen molar-refractivity contribution in [1.29, 1.82) is 0 Å². The molecule has 3 aromatic rings. The van der Waals surface area contributed by atoms with Crippen molar-refractivity contribution in [3.8, 4) is 16.9 Å². The number of hydrogen-bond donors (Lipinski definition) is 2. The molecule has 1 heterocycles. The summed E-state index contributed by atoms with van der Waals surface area (Å²) in [4.78, 5) is 26.5. The van der Waals surface area contributed by atoms with Crippen molar-refractivity contribution < 1.29 is 14.3 Å². The number of nitrogens with one attached hydrogen (secondary N) is 1. The van der Waals surface area contributed by atoms with Gasteiger partial charge in [-0.05, 0) is 48.6 Å². The van der Waals surface area contributed by atoms with E-state index >= 15 is 0 Å². The van der Waals surface area contributed by atoms with Gasteiger partial charge in [0.2, 0.25) is 0 Å². The Bertz CT molecular complexity index is 1150. The highest BCUT2D eigenvalue weighted by molar-refractivity contribution is 6.02. The average molecular weight is 408 g/mol. The van der Waals surface area contributed by atoms with Crippen LogP contribution in [0.5, 0.6) is 5.75 Å². The van der Waals surface area contributed by atoms with Crippen molar-refractivity contribution in [2.75, 3.05) is 13.7 Å². The second-order valence-corrected chi connectivity index (χ2v) is 7.59. The first kappa shape index (κ1) is 21.4. The molecule has 0 spiro atoms. The summed E-state index contributed by atoms with van der Waals surface area (Å²) < 4.78 is 10.6. The molecule has 0 aliphatic rings. The van der Waals surface area contributed by atoms with Gasteiger partial charge in [0.25, 0.3) is 5.56 Å². The molecule has 3 rings (SSSR count). The molecule has 1 aromatic heterocycles. The molecule has 0 saturated carbocycles. The smallest absolute Gasteiger partial charge is 0.404 e. The highest BCUT2D eigenvalue weighted by atomic mass is 16.5. The molecule has 0 unspecified atom stereocenters. The number of primary amides is 1. The molecule has 30 heavy (non-hydrogen) atoms. The van der Waals surface area contributed by atoms with Crippen molar-refractivity contribution in [1.82, 2.24) is 4.98 Å². The molecule has 6 heteroatoms. The molecule has 158 valence electrons. The Labute approximate surface area is 176 Å². The van der Waals surface area contributed by atoms with Crippen LogP contribution in [0, 0.1) is 13.8 Å². The number of amides is 1. The van der Waals surface area contributed by atoms with E-state index in [1.165, 1.54) is 0 Å². The predicted octanol–water partition coefficient (Wildman–Crippen LogP) is 4.58. The molecule has 3 N–H and O–H groups in total. The van der Waals surface area contributed by atoms with Gasteiger partial charge in [-0.1, -0.05) is 38.1 Å². The van der Waals surface area contributed by atoms with E-state index in [4.69, 9.17) is 15.2 Å². The largest absolute Gasteiger partial charge is 0.496 e. The molecule has 2 aromatic carbocycles. The van der Waals surface area contributed by atoms with Crippen LogP contribution < -0.4 is 16.0 Å². The first-order valence-electron chi connectivity index (χ1n) is 10.0. The number of carbonyl (C=O) groups excluding carboxylic acids is 1. The van der Waals surface area contributed by atoms with Gasteiger partial charge < -0.3 is 20.2 Å². The molecule has 0 saturated heterocycles. The van der Waals surface area contributed by atoms with Gasteiger partial charge in [0, 0.05) is 22.4 Å². The van der Waals surface area contributed by atoms with Gasteiger partial charge in [0.1, 0.15) is 5.75 Å². The maximum absolute atomic E-state index is 12.5. The first-order chi connectivity index (χ1) is 14.3. The lowest BCUT2D eigenvalue weighted by Crippen LogP contribution is -2.16. The highest BCUT2D eigenvalue weighted by Gasteiger charge is 2.19. The van der Waals surface area contributed by atoms with E-state index in [9.17, 15) is 9.59 Å². The van der Waals surface area contributed by atoms with Crippen LogP contribution in [-0.4, -0.2) is 24.8 Å². The molecule has 0 fully saturated rings. The maximum atomic E-state index is 12.5. The Kier molecular flexibility index (Phi) is 6.15. The summed E-state index contributed by atoms with van der Waals surface area (Å²) >= 11 is 0. The van der Waals surface area contributed by atoms with E-state index in [1.54, 1.807) is 7.11 Å². The van der Waals surface area contributed by atoms with Crippen LogP contribution in [0.4, 0.5) is 4.79 Å². The molecular weight excluding hydrogens is 380 g/mol. The lowest BCUT2D eigenvalue weighted by Gasteiger charge is -2.18. The minimum absolute atomic E-state index is 0.0213. The number of benzene rings is 2. The summed E-state index contributed by atoms with van der Waals surface area (Å²) in [6.45, 7) is 8.16. The fraction of sp³-hybridized carbons (Fsp3) is 0.333. The SMILES string of the molecule is CCc1c(C)c2c(-c3ccc([C@@H](C)COC(N)=O)cc3)c(OC)cc(C)c2[nH]c1=O. The number of nitrogens with two attached hydrogens (primary N) is 1. The second-order valence-electron chi connectivity index (χ2n) is 7.59. The zero-order valence-corrected chi connectivity index (χ0v) is 18.1. The topological polar surface area (TPSA) is 94.4 Å². The number of methoxy groups -OCH3 is 1. The lowest BCUT2D eigenvalue weighted by atomic mass is 9.91. The minimum Gasteiger partial charge on any atom is -0.496 e. The standard InChI is InChI=1S/C24H28N2O4/c1-6-18-15(4)20-21(19(29-5)11-13(2)22(20)26-23(18)27)17-9-7-16(8-10-17)14(3)12-30-24(25)28/h7-11,14H,6,12H2,1-5H3,(H2,25,28)(H,26,27)/t14-/m0/s1. The molecule has 1 amide bonds. The van der Waals surface area contributed by atoms with Crippen LogP contribution in [0.3, 0.4) is 0 Å². The Morgan fingerprint density at radius 1 is 1.20 bits per heavy atom. The van der Waals surface area contributed by atoms with Crippen molar-refractivity contribution in [3.05, 3.63) is 62.9 Å². The van der Waals surface area contributed by atoms with Crippen LogP contribution in [0.2, 0.25) is 0 Å². The molecule has 1 atom stereocenters. The zero-order chi connectivity index (χ0) is 22.0. The number of ether oxygens (including phenoxy) is 2. The van der Waals surface area contributed by atoms with Gasteiger partial charge >= 0.3 is 6.09 Å². The number of pyridine rings is 1. The Balaban J connectivity index is 2.19. The summed E-state index contributed by atoms with van der Waals surface area (Å²) in [6.07, 6.45) is -0.117. The third-order valence-electron chi connectivity index (χ3n) is 5.65. The fourth-order valence-corrected chi connectivity index (χ4v) is 3.99. The number of aromatic amines is 1. The Morgan fingerprint density at radius 2 is 1.87 bits per heavy atom. The number of H-pyrrole nitrogens is 1. The molecule has 0 bridgehead atoms. The highest BCUT2D eigenvalue weighted by Crippen LogP contribution is 2.40. The van der Waals surface area contributed by atoms with Gasteiger partial charge in [0.05, 0.1) is 19.2 Å². The van der Waals surface area contributed by atoms with Crippen molar-refractivity contribution in [3.63, 3.8) is 0 Å². The van der Waals surface area contributed by atoms with Gasteiger partial charge in [-0.3, -0.25) is 4.79 Å². The zero-order valence-electron chi connectivity index (χ0n) is 18.1. The summed E-state index contributed by atoms with van der Waals surface area (Å²) in [5.74, 6) is 0.781. The van der Waals surface area contributed by atoms with E-state index in [1.807, 2.05) is 58.0 Å². The summed E-state index contributed by atoms with van der Waals surface area (Å²) in [7, 11) is 1.66. The quantitative estimate of drug-likeness (QED) is 0.624. The van der Waals surface area contributed by atoms with E-state index in [2.05, 4.69) is 4.98 Å². The lowest BCUT2D eigenvalue weighted by molar-refractivity contribution is 0.151. The summed E-state index contributed by atoms with van der Waals surface area (Å²) in [6, 6.07) is 10.0. The van der Waals surface area contributed by atoms with Crippen molar-refractivity contribution in [2.45, 2.75) is 40.0 Å². The Hall–Kier alpha value is -3.28. The van der Waals surface area contributed by atoms with Crippen LogP contribution in [-0.2, 0) is 11.2 Å². The van der Waals surface area contributed by atoms with Crippen molar-refractivity contribution in [2.24, 2.45) is 5.73 Å². The number of rotatable bonds is 6. The van der Waals surface area contributed by atoms with Crippen molar-refractivity contribution >= 4 is 17.0 Å². The van der Waals surface area contributed by atoms with Gasteiger partial charge in [0.15, 0.2) is 0 Å². The maximum Gasteiger partial charge on any atom is 0.404 e. The monoisotopic (exact) mass is 408 g/mol. The molecule has 0 aliphatic carbocycles. The second kappa shape index (κ2) is 8.61. The molecule has 6 nitrogen and oxygen atoms in total. The first-order valence-corrected chi connectivity index (χ1v) is 10.0. The van der Waals surface area contributed by atoms with Crippen LogP contribution >= 0.6 is 0 Å². The van der Waals surface area contributed by atoms with Gasteiger partial charge in [-0.25, -0.2) is 4.79 Å². The summed E-state index contributed by atoms with van der Waals surface area (Å²) in [5, 5.41) is 1.00. The predicted molar refractivity (Wildman–Crippen MR) is 119 cm³/mol. The van der Waals surface area contributed by atoms with E-state index < -0.39 is 6.09 Å². The molecule has 0 radical (unpaired) electrons. The number of hydrogen-bond acceptors (Lipinski definition) is 4. The number of fused-ring (bicyclic) bond motifs is 1. The number of carbonyl (C=O) groups is 1. The minimum atomic E-state index is -0.773. The van der Waals surface area contributed by atoms with Crippen LogP contribution in [0.25, 0.3) is 22.0 Å². The third kappa shape index (κ3) is 3.90. The van der Waals surface area contributed by atoms with E-state index in [0.717, 1.165) is 50.0 Å².